The van der Waals surface area contributed by atoms with Crippen LogP contribution in [0.1, 0.15) is 18.2 Å². The molecule has 0 spiro atoms. The highest BCUT2D eigenvalue weighted by Crippen LogP contribution is 2.31. The lowest BCUT2D eigenvalue weighted by atomic mass is 10.1. The Morgan fingerprint density at radius 2 is 2.11 bits per heavy atom. The highest BCUT2D eigenvalue weighted by molar-refractivity contribution is 7.99. The van der Waals surface area contributed by atoms with Crippen LogP contribution in [0, 0.1) is 5.82 Å². The lowest BCUT2D eigenvalue weighted by molar-refractivity contribution is 0.352. The Hall–Kier alpha value is -1.00. The first-order chi connectivity index (χ1) is 9.19. The van der Waals surface area contributed by atoms with Crippen LogP contribution in [0.4, 0.5) is 4.39 Å². The van der Waals surface area contributed by atoms with Gasteiger partial charge in [-0.3, -0.25) is 0 Å². The zero-order chi connectivity index (χ0) is 13.4. The van der Waals surface area contributed by atoms with E-state index in [0.717, 1.165) is 47.5 Å². The van der Waals surface area contributed by atoms with Crippen LogP contribution in [0.25, 0.3) is 10.9 Å². The second-order valence-electron chi connectivity index (χ2n) is 5.15. The molecule has 2 heterocycles. The number of aromatic amines is 1. The summed E-state index contributed by atoms with van der Waals surface area (Å²) in [6.07, 6.45) is 2.03. The van der Waals surface area contributed by atoms with Crippen LogP contribution in [0.2, 0.25) is 0 Å². The summed E-state index contributed by atoms with van der Waals surface area (Å²) in [6.45, 7) is 4.17. The standard InChI is InChI=1S/C15H19FN2S/c1-3-19-15-9-14-11(8-12(15)16)10-4-6-18(2)7-5-13(10)17-14/h8-9,17H,3-7H2,1-2H3. The van der Waals surface area contributed by atoms with Gasteiger partial charge in [-0.1, -0.05) is 6.92 Å². The van der Waals surface area contributed by atoms with E-state index in [2.05, 4.69) is 16.9 Å². The highest BCUT2D eigenvalue weighted by Gasteiger charge is 2.18. The minimum absolute atomic E-state index is 0.0845. The summed E-state index contributed by atoms with van der Waals surface area (Å²) < 4.78 is 14.1. The van der Waals surface area contributed by atoms with Gasteiger partial charge in [0.2, 0.25) is 0 Å². The summed E-state index contributed by atoms with van der Waals surface area (Å²) in [5, 5.41) is 1.07. The molecule has 0 saturated heterocycles. The zero-order valence-corrected chi connectivity index (χ0v) is 12.2. The third kappa shape index (κ3) is 2.39. The van der Waals surface area contributed by atoms with E-state index < -0.39 is 0 Å². The van der Waals surface area contributed by atoms with E-state index in [4.69, 9.17) is 0 Å². The average Bonchev–Trinajstić information content (AvgIpc) is 2.60. The Morgan fingerprint density at radius 1 is 1.32 bits per heavy atom. The molecule has 1 aromatic heterocycles. The number of nitrogens with one attached hydrogen (secondary N) is 1. The number of halogens is 1. The van der Waals surface area contributed by atoms with Crippen molar-refractivity contribution >= 4 is 22.7 Å². The Morgan fingerprint density at radius 3 is 2.89 bits per heavy atom. The molecule has 1 N–H and O–H groups in total. The van der Waals surface area contributed by atoms with Crippen molar-refractivity contribution in [1.29, 1.82) is 0 Å². The molecule has 1 aliphatic rings. The zero-order valence-electron chi connectivity index (χ0n) is 11.4. The number of H-pyrrole nitrogens is 1. The number of hydrogen-bond acceptors (Lipinski definition) is 2. The van der Waals surface area contributed by atoms with Crippen LogP contribution in [0.3, 0.4) is 0 Å². The maximum absolute atomic E-state index is 14.1. The van der Waals surface area contributed by atoms with Crippen molar-refractivity contribution in [1.82, 2.24) is 9.88 Å². The summed E-state index contributed by atoms with van der Waals surface area (Å²) in [5.41, 5.74) is 3.69. The largest absolute Gasteiger partial charge is 0.358 e. The molecule has 0 saturated carbocycles. The van der Waals surface area contributed by atoms with Gasteiger partial charge < -0.3 is 9.88 Å². The fourth-order valence-corrected chi connectivity index (χ4v) is 3.50. The second-order valence-corrected chi connectivity index (χ2v) is 6.45. The topological polar surface area (TPSA) is 19.0 Å². The second kappa shape index (κ2) is 5.17. The van der Waals surface area contributed by atoms with Crippen LogP contribution in [-0.4, -0.2) is 35.8 Å². The summed E-state index contributed by atoms with van der Waals surface area (Å²) in [5.74, 6) is 0.812. The number of benzene rings is 1. The van der Waals surface area contributed by atoms with Gasteiger partial charge in [0.05, 0.1) is 0 Å². The van der Waals surface area contributed by atoms with Gasteiger partial charge >= 0.3 is 0 Å². The molecule has 19 heavy (non-hydrogen) atoms. The normalized spacial score (nSPS) is 16.6. The maximum Gasteiger partial charge on any atom is 0.137 e. The third-order valence-corrected chi connectivity index (χ3v) is 4.75. The molecule has 0 amide bonds. The molecule has 2 nitrogen and oxygen atoms in total. The lowest BCUT2D eigenvalue weighted by Crippen LogP contribution is -2.21. The van der Waals surface area contributed by atoms with E-state index in [0.29, 0.717) is 0 Å². The van der Waals surface area contributed by atoms with Gasteiger partial charge in [-0.25, -0.2) is 4.39 Å². The molecule has 0 bridgehead atoms. The van der Waals surface area contributed by atoms with Crippen LogP contribution < -0.4 is 0 Å². The number of nitrogens with zero attached hydrogens (tertiary/aromatic N) is 1. The van der Waals surface area contributed by atoms with Crippen LogP contribution in [-0.2, 0) is 12.8 Å². The maximum atomic E-state index is 14.1. The van der Waals surface area contributed by atoms with Gasteiger partial charge in [0.1, 0.15) is 5.82 Å². The SMILES string of the molecule is CCSc1cc2[nH]c3c(c2cc1F)CCN(C)CC3. The smallest absolute Gasteiger partial charge is 0.137 e. The predicted octanol–water partition coefficient (Wildman–Crippen LogP) is 3.45. The number of aromatic nitrogens is 1. The van der Waals surface area contributed by atoms with E-state index in [-0.39, 0.29) is 5.82 Å². The molecule has 0 radical (unpaired) electrons. The van der Waals surface area contributed by atoms with Gasteiger partial charge in [-0.2, -0.15) is 0 Å². The van der Waals surface area contributed by atoms with E-state index in [1.54, 1.807) is 17.8 Å². The third-order valence-electron chi connectivity index (χ3n) is 3.83. The molecule has 2 aromatic rings. The number of fused-ring (bicyclic) bond motifs is 3. The Labute approximate surface area is 117 Å². The minimum atomic E-state index is -0.0845. The molecule has 0 unspecified atom stereocenters. The van der Waals surface area contributed by atoms with Crippen LogP contribution in [0.15, 0.2) is 17.0 Å². The van der Waals surface area contributed by atoms with Gasteiger partial charge in [-0.05, 0) is 36.9 Å². The van der Waals surface area contributed by atoms with Crippen molar-refractivity contribution in [2.45, 2.75) is 24.7 Å². The van der Waals surface area contributed by atoms with Crippen molar-refractivity contribution in [3.63, 3.8) is 0 Å². The Balaban J connectivity index is 2.09. The first kappa shape index (κ1) is 13.0. The molecule has 102 valence electrons. The summed E-state index contributed by atoms with van der Waals surface area (Å²) >= 11 is 1.56. The number of thioether (sulfide) groups is 1. The number of rotatable bonds is 2. The lowest BCUT2D eigenvalue weighted by Gasteiger charge is -2.11. The van der Waals surface area contributed by atoms with Crippen molar-refractivity contribution in [2.75, 3.05) is 25.9 Å². The molecular weight excluding hydrogens is 259 g/mol. The van der Waals surface area contributed by atoms with Crippen molar-refractivity contribution in [2.24, 2.45) is 0 Å². The molecule has 0 fully saturated rings. The number of likely N-dealkylation sites (N-methyl/N-ethyl adjacent to an activating group) is 1. The monoisotopic (exact) mass is 278 g/mol. The summed E-state index contributed by atoms with van der Waals surface area (Å²) in [7, 11) is 2.14. The molecule has 0 aliphatic carbocycles. The van der Waals surface area contributed by atoms with Crippen LogP contribution in [0.5, 0.6) is 0 Å². The van der Waals surface area contributed by atoms with Gasteiger partial charge in [-0.15, -0.1) is 11.8 Å². The average molecular weight is 278 g/mol. The van der Waals surface area contributed by atoms with Gasteiger partial charge in [0.25, 0.3) is 0 Å². The Bertz CT molecular complexity index is 606. The highest BCUT2D eigenvalue weighted by atomic mass is 32.2. The van der Waals surface area contributed by atoms with E-state index in [1.165, 1.54) is 11.3 Å². The Kier molecular flexibility index (Phi) is 3.54. The van der Waals surface area contributed by atoms with Crippen molar-refractivity contribution in [3.05, 3.63) is 29.2 Å². The quantitative estimate of drug-likeness (QED) is 0.849. The number of hydrogen-bond donors (Lipinski definition) is 1. The molecular formula is C15H19FN2S. The molecule has 4 heteroatoms. The van der Waals surface area contributed by atoms with E-state index in [1.807, 2.05) is 13.0 Å². The first-order valence-electron chi connectivity index (χ1n) is 6.83. The molecule has 1 aromatic carbocycles. The van der Waals surface area contributed by atoms with E-state index in [9.17, 15) is 4.39 Å². The van der Waals surface area contributed by atoms with Crippen molar-refractivity contribution < 1.29 is 4.39 Å². The van der Waals surface area contributed by atoms with Gasteiger partial charge in [0, 0.05) is 41.0 Å². The summed E-state index contributed by atoms with van der Waals surface area (Å²) in [6, 6.07) is 3.69. The molecule has 0 atom stereocenters. The summed E-state index contributed by atoms with van der Waals surface area (Å²) in [4.78, 5) is 6.58. The van der Waals surface area contributed by atoms with Crippen LogP contribution >= 0.6 is 11.8 Å². The molecule has 1 aliphatic heterocycles. The predicted molar refractivity (Wildman–Crippen MR) is 79.6 cm³/mol. The first-order valence-corrected chi connectivity index (χ1v) is 7.82. The van der Waals surface area contributed by atoms with Gasteiger partial charge in [0.15, 0.2) is 0 Å². The fraction of sp³-hybridized carbons (Fsp3) is 0.467. The fourth-order valence-electron chi connectivity index (χ4n) is 2.79. The van der Waals surface area contributed by atoms with Crippen molar-refractivity contribution in [3.8, 4) is 0 Å². The minimum Gasteiger partial charge on any atom is -0.358 e. The van der Waals surface area contributed by atoms with E-state index >= 15 is 0 Å². The molecule has 3 rings (SSSR count).